The van der Waals surface area contributed by atoms with Gasteiger partial charge in [0.05, 0.1) is 18.2 Å². The number of anilines is 1. The molecule has 9 nitrogen and oxygen atoms in total. The van der Waals surface area contributed by atoms with Crippen LogP contribution in [0.3, 0.4) is 0 Å². The van der Waals surface area contributed by atoms with Crippen LogP contribution in [0.25, 0.3) is 5.76 Å². The van der Waals surface area contributed by atoms with Crippen molar-refractivity contribution in [3.05, 3.63) is 93.0 Å². The molecule has 4 aromatic rings. The van der Waals surface area contributed by atoms with Gasteiger partial charge in [0.15, 0.2) is 15.8 Å². The monoisotopic (exact) mass is 683 g/mol. The number of rotatable bonds is 10. The first-order valence-electron chi connectivity index (χ1n) is 14.2. The summed E-state index contributed by atoms with van der Waals surface area (Å²) in [6.45, 7) is 3.36. The number of aromatic nitrogens is 2. The number of aliphatic hydroxyl groups excluding tert-OH is 1. The zero-order valence-corrected chi connectivity index (χ0v) is 27.1. The van der Waals surface area contributed by atoms with E-state index < -0.39 is 17.7 Å². The molecule has 2 aliphatic heterocycles. The number of ether oxygens (including phenoxy) is 3. The molecular formula is C32H27Cl2N3O6S2. The van der Waals surface area contributed by atoms with E-state index in [2.05, 4.69) is 17.1 Å². The molecule has 6 rings (SSSR count). The molecule has 0 saturated carbocycles. The number of thioether (sulfide) groups is 1. The lowest BCUT2D eigenvalue weighted by molar-refractivity contribution is -0.132. The minimum Gasteiger partial charge on any atom is -0.507 e. The Hall–Kier alpha value is -3.77. The number of aliphatic hydroxyl groups is 1. The summed E-state index contributed by atoms with van der Waals surface area (Å²) in [5.41, 5.74) is 1.66. The summed E-state index contributed by atoms with van der Waals surface area (Å²) in [7, 11) is 0. The van der Waals surface area contributed by atoms with Crippen molar-refractivity contribution >= 4 is 68.9 Å². The number of fused-ring (bicyclic) bond motifs is 1. The predicted octanol–water partition coefficient (Wildman–Crippen LogP) is 7.71. The lowest BCUT2D eigenvalue weighted by Crippen LogP contribution is -2.29. The molecule has 1 amide bonds. The van der Waals surface area contributed by atoms with Gasteiger partial charge in [0.1, 0.15) is 24.7 Å². The van der Waals surface area contributed by atoms with Gasteiger partial charge in [0, 0.05) is 21.4 Å². The largest absolute Gasteiger partial charge is 0.507 e. The zero-order valence-electron chi connectivity index (χ0n) is 24.0. The second-order valence-corrected chi connectivity index (χ2v) is 13.2. The maximum atomic E-state index is 13.7. The van der Waals surface area contributed by atoms with Crippen LogP contribution in [-0.4, -0.2) is 46.8 Å². The Morgan fingerprint density at radius 3 is 2.69 bits per heavy atom. The van der Waals surface area contributed by atoms with Crippen molar-refractivity contribution in [2.45, 2.75) is 35.9 Å². The molecule has 1 aromatic heterocycles. The number of halogens is 2. The van der Waals surface area contributed by atoms with Gasteiger partial charge < -0.3 is 19.3 Å². The molecule has 1 atom stereocenters. The van der Waals surface area contributed by atoms with Gasteiger partial charge >= 0.3 is 5.91 Å². The van der Waals surface area contributed by atoms with E-state index in [4.69, 9.17) is 37.4 Å². The molecule has 45 heavy (non-hydrogen) atoms. The number of Topliss-reactive ketones (excluding diaryl/α,β-unsaturated/α-hetero) is 1. The van der Waals surface area contributed by atoms with Gasteiger partial charge in [0.2, 0.25) is 5.13 Å². The molecular weight excluding hydrogens is 657 g/mol. The van der Waals surface area contributed by atoms with Crippen LogP contribution in [-0.2, 0) is 15.3 Å². The minimum absolute atomic E-state index is 0.0836. The second kappa shape index (κ2) is 13.7. The van der Waals surface area contributed by atoms with Crippen molar-refractivity contribution in [1.82, 2.24) is 10.2 Å². The Kier molecular flexibility index (Phi) is 9.50. The Morgan fingerprint density at radius 1 is 1.07 bits per heavy atom. The molecule has 1 N–H and O–H groups in total. The summed E-state index contributed by atoms with van der Waals surface area (Å²) < 4.78 is 17.8. The molecule has 0 spiro atoms. The summed E-state index contributed by atoms with van der Waals surface area (Å²) in [4.78, 5) is 28.7. The van der Waals surface area contributed by atoms with Gasteiger partial charge in [-0.05, 0) is 60.0 Å². The topological polar surface area (TPSA) is 111 Å². The molecule has 2 aliphatic rings. The summed E-state index contributed by atoms with van der Waals surface area (Å²) in [6.07, 6.45) is 1.84. The number of amides is 1. The summed E-state index contributed by atoms with van der Waals surface area (Å²) in [6, 6.07) is 16.3. The van der Waals surface area contributed by atoms with Crippen LogP contribution < -0.4 is 19.1 Å². The van der Waals surface area contributed by atoms with Gasteiger partial charge in [-0.2, -0.15) is 0 Å². The highest BCUT2D eigenvalue weighted by atomic mass is 35.5. The van der Waals surface area contributed by atoms with Gasteiger partial charge in [0.25, 0.3) is 5.78 Å². The summed E-state index contributed by atoms with van der Waals surface area (Å²) in [5.74, 6) is 0.0333. The van der Waals surface area contributed by atoms with Gasteiger partial charge in [-0.15, -0.1) is 10.2 Å². The van der Waals surface area contributed by atoms with Gasteiger partial charge in [-0.3, -0.25) is 14.5 Å². The minimum atomic E-state index is -0.996. The van der Waals surface area contributed by atoms with E-state index in [-0.39, 0.29) is 16.5 Å². The van der Waals surface area contributed by atoms with Crippen molar-refractivity contribution in [2.24, 2.45) is 0 Å². The molecule has 1 fully saturated rings. The third kappa shape index (κ3) is 6.62. The average Bonchev–Trinajstić information content (AvgIpc) is 3.62. The summed E-state index contributed by atoms with van der Waals surface area (Å²) >= 11 is 14.9. The van der Waals surface area contributed by atoms with E-state index in [1.54, 1.807) is 48.5 Å². The predicted molar refractivity (Wildman–Crippen MR) is 175 cm³/mol. The smallest absolute Gasteiger partial charge is 0.301 e. The zero-order chi connectivity index (χ0) is 31.5. The normalized spacial score (nSPS) is 17.1. The maximum absolute atomic E-state index is 13.7. The quantitative estimate of drug-likeness (QED) is 0.0448. The fourth-order valence-electron chi connectivity index (χ4n) is 4.94. The van der Waals surface area contributed by atoms with E-state index >= 15 is 0 Å². The number of unbranched alkanes of at least 4 members (excludes halogenated alkanes) is 1. The Bertz CT molecular complexity index is 1800. The van der Waals surface area contributed by atoms with Crippen LogP contribution in [0.1, 0.15) is 42.5 Å². The number of benzene rings is 3. The van der Waals surface area contributed by atoms with Crippen LogP contribution >= 0.6 is 46.3 Å². The molecule has 0 aliphatic carbocycles. The van der Waals surface area contributed by atoms with E-state index in [1.165, 1.54) is 16.7 Å². The lowest BCUT2D eigenvalue weighted by Gasteiger charge is -2.23. The lowest BCUT2D eigenvalue weighted by atomic mass is 9.95. The molecule has 3 aromatic carbocycles. The first-order chi connectivity index (χ1) is 21.8. The van der Waals surface area contributed by atoms with Crippen molar-refractivity contribution in [3.8, 4) is 17.2 Å². The summed E-state index contributed by atoms with van der Waals surface area (Å²) in [5, 5.41) is 21.5. The first-order valence-corrected chi connectivity index (χ1v) is 16.7. The molecule has 232 valence electrons. The Morgan fingerprint density at radius 2 is 1.89 bits per heavy atom. The molecule has 3 heterocycles. The maximum Gasteiger partial charge on any atom is 0.301 e. The SMILES string of the molecule is CCCCOc1cccc([C@H]2/C(=C(\O)c3ccc4c(c3)OCCO4)C(=O)C(=O)N2c2nnc(SCc3ccc(Cl)cc3Cl)s2)c1. The molecule has 0 radical (unpaired) electrons. The first kappa shape index (κ1) is 31.2. The van der Waals surface area contributed by atoms with Gasteiger partial charge in [-0.25, -0.2) is 0 Å². The third-order valence-electron chi connectivity index (χ3n) is 7.17. The van der Waals surface area contributed by atoms with Crippen LogP contribution in [0.15, 0.2) is 70.6 Å². The van der Waals surface area contributed by atoms with Crippen LogP contribution in [0.4, 0.5) is 5.13 Å². The number of nitrogens with zero attached hydrogens (tertiary/aromatic N) is 3. The van der Waals surface area contributed by atoms with Crippen molar-refractivity contribution < 1.29 is 28.9 Å². The van der Waals surface area contributed by atoms with E-state index in [0.29, 0.717) is 68.3 Å². The van der Waals surface area contributed by atoms with E-state index in [1.807, 2.05) is 12.1 Å². The number of carbonyl (C=O) groups is 2. The average molecular weight is 685 g/mol. The second-order valence-electron chi connectivity index (χ2n) is 10.2. The number of hydrogen-bond donors (Lipinski definition) is 1. The third-order valence-corrected chi connectivity index (χ3v) is 9.86. The van der Waals surface area contributed by atoms with Crippen molar-refractivity contribution in [1.29, 1.82) is 0 Å². The van der Waals surface area contributed by atoms with Crippen LogP contribution in [0.2, 0.25) is 10.0 Å². The van der Waals surface area contributed by atoms with Crippen LogP contribution in [0, 0.1) is 0 Å². The highest BCUT2D eigenvalue weighted by Gasteiger charge is 2.48. The Labute approximate surface area is 277 Å². The Balaban J connectivity index is 1.38. The number of hydrogen-bond acceptors (Lipinski definition) is 10. The van der Waals surface area contributed by atoms with Crippen molar-refractivity contribution in [2.75, 3.05) is 24.7 Å². The molecule has 0 unspecified atom stereocenters. The van der Waals surface area contributed by atoms with Gasteiger partial charge in [-0.1, -0.05) is 77.8 Å². The van der Waals surface area contributed by atoms with E-state index in [9.17, 15) is 14.7 Å². The molecule has 0 bridgehead atoms. The van der Waals surface area contributed by atoms with Crippen molar-refractivity contribution in [3.63, 3.8) is 0 Å². The fourth-order valence-corrected chi connectivity index (χ4v) is 7.36. The highest BCUT2D eigenvalue weighted by Crippen LogP contribution is 2.45. The number of ketones is 1. The molecule has 13 heteroatoms. The number of carbonyl (C=O) groups excluding carboxylic acids is 2. The van der Waals surface area contributed by atoms with Crippen LogP contribution in [0.5, 0.6) is 17.2 Å². The molecule has 1 saturated heterocycles. The standard InChI is InChI=1S/C32H27Cl2N3O6S2/c1-2-3-11-41-22-6-4-5-18(14-22)27-26(28(38)19-8-10-24-25(15-19)43-13-12-42-24)29(39)30(40)37(27)31-35-36-32(45-31)44-17-20-7-9-21(33)16-23(20)34/h4-10,14-16,27,38H,2-3,11-13,17H2,1H3/b28-26+/t27-/m0/s1. The van der Waals surface area contributed by atoms with E-state index in [0.717, 1.165) is 29.7 Å². The highest BCUT2D eigenvalue weighted by molar-refractivity contribution is 8.00. The fraction of sp³-hybridized carbons (Fsp3) is 0.250.